The third-order valence-electron chi connectivity index (χ3n) is 1.32. The monoisotopic (exact) mass is 124 g/mol. The van der Waals surface area contributed by atoms with Gasteiger partial charge in [0.2, 0.25) is 0 Å². The number of rotatable bonds is 2. The van der Waals surface area contributed by atoms with Crippen molar-refractivity contribution in [3.8, 4) is 0 Å². The second-order valence-corrected chi connectivity index (χ2v) is 2.02. The van der Waals surface area contributed by atoms with E-state index in [0.717, 1.165) is 17.4 Å². The van der Waals surface area contributed by atoms with Crippen LogP contribution in [0.1, 0.15) is 6.42 Å². The largest absolute Gasteiger partial charge is 0.392 e. The smallest absolute Gasteiger partial charge is 0.146 e. The fourth-order valence-corrected chi connectivity index (χ4v) is 0.794. The van der Waals surface area contributed by atoms with E-state index in [1.54, 1.807) is 12.2 Å². The molecule has 0 aliphatic heterocycles. The molecule has 1 rings (SSSR count). The highest BCUT2D eigenvalue weighted by Gasteiger charge is 2.04. The first-order valence-electron chi connectivity index (χ1n) is 2.81. The number of aliphatic hydroxyl groups is 1. The highest BCUT2D eigenvalue weighted by atomic mass is 16.3. The molecule has 9 heavy (non-hydrogen) atoms. The van der Waals surface area contributed by atoms with Crippen LogP contribution in [0.25, 0.3) is 0 Å². The van der Waals surface area contributed by atoms with Gasteiger partial charge in [0.25, 0.3) is 0 Å². The van der Waals surface area contributed by atoms with Crippen LogP contribution in [0, 0.1) is 0 Å². The second kappa shape index (κ2) is 2.60. The maximum absolute atomic E-state index is 10.1. The maximum Gasteiger partial charge on any atom is 0.146 e. The van der Waals surface area contributed by atoms with E-state index in [9.17, 15) is 4.79 Å². The molecule has 0 aromatic rings. The molecule has 1 aliphatic rings. The molecule has 0 spiro atoms. The number of allylic oxidation sites excluding steroid dienone is 3. The Morgan fingerprint density at radius 2 is 2.44 bits per heavy atom. The number of carbonyl (C=O) groups excluding carboxylic acids is 1. The first-order chi connectivity index (χ1) is 4.36. The summed E-state index contributed by atoms with van der Waals surface area (Å²) >= 11 is 0. The van der Waals surface area contributed by atoms with Crippen molar-refractivity contribution < 1.29 is 9.90 Å². The average molecular weight is 124 g/mol. The molecule has 0 amide bonds. The van der Waals surface area contributed by atoms with Gasteiger partial charge in [0.05, 0.1) is 6.61 Å². The fourth-order valence-electron chi connectivity index (χ4n) is 0.794. The quantitative estimate of drug-likeness (QED) is 0.542. The van der Waals surface area contributed by atoms with Crippen LogP contribution in [0.5, 0.6) is 0 Å². The standard InChI is InChI=1S/C7H8O2/c8-4-6-1-2-7(3-6)5-9/h1-2,4,9H,3,5H2. The van der Waals surface area contributed by atoms with Gasteiger partial charge in [-0.05, 0) is 17.6 Å². The zero-order valence-electron chi connectivity index (χ0n) is 5.00. The first-order valence-corrected chi connectivity index (χ1v) is 2.81. The van der Waals surface area contributed by atoms with Crippen molar-refractivity contribution >= 4 is 6.29 Å². The molecule has 0 radical (unpaired) electrons. The first kappa shape index (κ1) is 6.23. The molecule has 2 heteroatoms. The summed E-state index contributed by atoms with van der Waals surface area (Å²) in [4.78, 5) is 10.1. The van der Waals surface area contributed by atoms with Gasteiger partial charge in [-0.2, -0.15) is 0 Å². The minimum absolute atomic E-state index is 0.0633. The minimum Gasteiger partial charge on any atom is -0.392 e. The van der Waals surface area contributed by atoms with E-state index in [2.05, 4.69) is 0 Å². The SMILES string of the molecule is O=CC1=CC=C(CO)C1. The predicted octanol–water partition coefficient (Wildman–Crippen LogP) is 0.434. The summed E-state index contributed by atoms with van der Waals surface area (Å²) < 4.78 is 0. The summed E-state index contributed by atoms with van der Waals surface area (Å²) in [6.45, 7) is 0.0633. The molecule has 1 aliphatic carbocycles. The van der Waals surface area contributed by atoms with E-state index in [4.69, 9.17) is 5.11 Å². The number of carbonyl (C=O) groups is 1. The maximum atomic E-state index is 10.1. The Kier molecular flexibility index (Phi) is 1.80. The van der Waals surface area contributed by atoms with Crippen molar-refractivity contribution in [2.75, 3.05) is 6.61 Å². The van der Waals surface area contributed by atoms with Crippen LogP contribution in [0.2, 0.25) is 0 Å². The second-order valence-electron chi connectivity index (χ2n) is 2.02. The molecule has 0 unspecified atom stereocenters. The van der Waals surface area contributed by atoms with Crippen molar-refractivity contribution in [2.45, 2.75) is 6.42 Å². The molecule has 2 nitrogen and oxygen atoms in total. The molecule has 0 heterocycles. The Morgan fingerprint density at radius 1 is 1.67 bits per heavy atom. The van der Waals surface area contributed by atoms with E-state index >= 15 is 0 Å². The van der Waals surface area contributed by atoms with E-state index < -0.39 is 0 Å². The summed E-state index contributed by atoms with van der Waals surface area (Å²) in [5, 5.41) is 8.56. The van der Waals surface area contributed by atoms with Crippen LogP contribution in [0.4, 0.5) is 0 Å². The number of hydrogen-bond donors (Lipinski definition) is 1. The van der Waals surface area contributed by atoms with E-state index in [1.807, 2.05) is 0 Å². The molecular weight excluding hydrogens is 116 g/mol. The van der Waals surface area contributed by atoms with Gasteiger partial charge in [0.15, 0.2) is 0 Å². The zero-order chi connectivity index (χ0) is 6.69. The van der Waals surface area contributed by atoms with Crippen LogP contribution in [-0.2, 0) is 4.79 Å². The van der Waals surface area contributed by atoms with Crippen molar-refractivity contribution in [2.24, 2.45) is 0 Å². The molecule has 0 saturated heterocycles. The Bertz CT molecular complexity index is 177. The van der Waals surface area contributed by atoms with E-state index in [1.165, 1.54) is 0 Å². The highest BCUT2D eigenvalue weighted by Crippen LogP contribution is 2.15. The third kappa shape index (κ3) is 1.27. The van der Waals surface area contributed by atoms with Crippen molar-refractivity contribution in [3.05, 3.63) is 23.3 Å². The number of aliphatic hydroxyl groups excluding tert-OH is 1. The van der Waals surface area contributed by atoms with E-state index in [0.29, 0.717) is 6.42 Å². The third-order valence-corrected chi connectivity index (χ3v) is 1.32. The predicted molar refractivity (Wildman–Crippen MR) is 33.9 cm³/mol. The average Bonchev–Trinajstić information content (AvgIpc) is 2.34. The molecular formula is C7H8O2. The zero-order valence-corrected chi connectivity index (χ0v) is 5.00. The van der Waals surface area contributed by atoms with Gasteiger partial charge >= 0.3 is 0 Å². The van der Waals surface area contributed by atoms with Gasteiger partial charge in [-0.1, -0.05) is 12.2 Å². The minimum atomic E-state index is 0.0633. The van der Waals surface area contributed by atoms with Crippen molar-refractivity contribution in [1.29, 1.82) is 0 Å². The molecule has 0 atom stereocenters. The van der Waals surface area contributed by atoms with Gasteiger partial charge < -0.3 is 5.11 Å². The van der Waals surface area contributed by atoms with Gasteiger partial charge in [0.1, 0.15) is 6.29 Å². The summed E-state index contributed by atoms with van der Waals surface area (Å²) in [5.74, 6) is 0. The Hall–Kier alpha value is -0.890. The molecule has 0 saturated carbocycles. The normalized spacial score (nSPS) is 17.0. The number of hydrogen-bond acceptors (Lipinski definition) is 2. The van der Waals surface area contributed by atoms with Crippen LogP contribution >= 0.6 is 0 Å². The molecule has 0 aromatic carbocycles. The topological polar surface area (TPSA) is 37.3 Å². The summed E-state index contributed by atoms with van der Waals surface area (Å²) in [5.41, 5.74) is 1.66. The summed E-state index contributed by atoms with van der Waals surface area (Å²) in [6, 6.07) is 0. The molecule has 0 fully saturated rings. The van der Waals surface area contributed by atoms with Crippen molar-refractivity contribution in [3.63, 3.8) is 0 Å². The lowest BCUT2D eigenvalue weighted by atomic mass is 10.2. The Labute approximate surface area is 53.5 Å². The molecule has 0 aromatic heterocycles. The van der Waals surface area contributed by atoms with Crippen LogP contribution < -0.4 is 0 Å². The lowest BCUT2D eigenvalue weighted by Crippen LogP contribution is -1.87. The molecule has 48 valence electrons. The Morgan fingerprint density at radius 3 is 2.78 bits per heavy atom. The summed E-state index contributed by atoms with van der Waals surface area (Å²) in [6.07, 6.45) is 4.96. The lowest BCUT2D eigenvalue weighted by molar-refractivity contribution is -0.104. The summed E-state index contributed by atoms with van der Waals surface area (Å²) in [7, 11) is 0. The van der Waals surface area contributed by atoms with Crippen LogP contribution in [0.15, 0.2) is 23.3 Å². The van der Waals surface area contributed by atoms with E-state index in [-0.39, 0.29) is 6.61 Å². The molecule has 1 N–H and O–H groups in total. The lowest BCUT2D eigenvalue weighted by Gasteiger charge is -1.92. The highest BCUT2D eigenvalue weighted by molar-refractivity contribution is 5.76. The van der Waals surface area contributed by atoms with Gasteiger partial charge in [-0.25, -0.2) is 0 Å². The van der Waals surface area contributed by atoms with Gasteiger partial charge in [-0.15, -0.1) is 0 Å². The van der Waals surface area contributed by atoms with Gasteiger partial charge in [0, 0.05) is 0 Å². The van der Waals surface area contributed by atoms with Crippen molar-refractivity contribution in [1.82, 2.24) is 0 Å². The number of aldehydes is 1. The Balaban J connectivity index is 2.52. The van der Waals surface area contributed by atoms with Crippen LogP contribution in [0.3, 0.4) is 0 Å². The molecule has 0 bridgehead atoms. The van der Waals surface area contributed by atoms with Gasteiger partial charge in [-0.3, -0.25) is 4.79 Å². The van der Waals surface area contributed by atoms with Crippen LogP contribution in [-0.4, -0.2) is 18.0 Å². The fraction of sp³-hybridized carbons (Fsp3) is 0.286.